The van der Waals surface area contributed by atoms with Crippen molar-refractivity contribution in [3.8, 4) is 16.5 Å². The molecule has 11 heteroatoms. The van der Waals surface area contributed by atoms with E-state index in [0.717, 1.165) is 17.7 Å². The topological polar surface area (TPSA) is 132 Å². The lowest BCUT2D eigenvalue weighted by atomic mass is 10.3. The van der Waals surface area contributed by atoms with E-state index in [1.807, 2.05) is 12.1 Å². The van der Waals surface area contributed by atoms with Gasteiger partial charge in [-0.05, 0) is 31.1 Å². The maximum Gasteiger partial charge on any atom is 0.326 e. The minimum Gasteiger partial charge on any atom is -0.493 e. The molecule has 1 aliphatic rings. The van der Waals surface area contributed by atoms with E-state index in [-0.39, 0.29) is 23.5 Å². The van der Waals surface area contributed by atoms with Crippen molar-refractivity contribution in [1.82, 2.24) is 29.5 Å². The van der Waals surface area contributed by atoms with Crippen LogP contribution in [0, 0.1) is 0 Å². The molecule has 0 bridgehead atoms. The fraction of sp³-hybridized carbons (Fsp3) is 0.250. The number of thiophene rings is 1. The smallest absolute Gasteiger partial charge is 0.326 e. The van der Waals surface area contributed by atoms with E-state index in [4.69, 9.17) is 9.98 Å². The lowest BCUT2D eigenvalue weighted by Crippen LogP contribution is -2.20. The van der Waals surface area contributed by atoms with Gasteiger partial charge in [0.1, 0.15) is 5.69 Å². The second-order valence-corrected chi connectivity index (χ2v) is 8.63. The fourth-order valence-electron chi connectivity index (χ4n) is 3.13. The second kappa shape index (κ2) is 7.20. The van der Waals surface area contributed by atoms with Crippen LogP contribution in [0.15, 0.2) is 34.2 Å². The lowest BCUT2D eigenvalue weighted by Gasteiger charge is -2.07. The monoisotopic (exact) mass is 437 g/mol. The van der Waals surface area contributed by atoms with Crippen LogP contribution in [-0.2, 0) is 0 Å². The van der Waals surface area contributed by atoms with Gasteiger partial charge >= 0.3 is 5.69 Å². The fourth-order valence-corrected chi connectivity index (χ4v) is 4.12. The van der Waals surface area contributed by atoms with Gasteiger partial charge in [0, 0.05) is 25.4 Å². The first-order chi connectivity index (χ1) is 14.9. The maximum atomic E-state index is 12.3. The van der Waals surface area contributed by atoms with Crippen molar-refractivity contribution in [2.24, 2.45) is 4.99 Å². The first kappa shape index (κ1) is 19.2. The molecule has 4 aromatic rings. The Morgan fingerprint density at radius 1 is 1.35 bits per heavy atom. The summed E-state index contributed by atoms with van der Waals surface area (Å²) in [6.45, 7) is 0. The summed E-state index contributed by atoms with van der Waals surface area (Å²) in [4.78, 5) is 41.1. The first-order valence-electron chi connectivity index (χ1n) is 9.66. The summed E-state index contributed by atoms with van der Waals surface area (Å²) >= 11 is 1.36. The van der Waals surface area contributed by atoms with Crippen molar-refractivity contribution >= 4 is 29.0 Å². The summed E-state index contributed by atoms with van der Waals surface area (Å²) in [7, 11) is 3.43. The van der Waals surface area contributed by atoms with E-state index in [9.17, 15) is 14.7 Å². The molecule has 1 saturated carbocycles. The van der Waals surface area contributed by atoms with E-state index in [0.29, 0.717) is 26.9 Å². The molecule has 0 radical (unpaired) electrons. The minimum absolute atomic E-state index is 0.0644. The number of carbonyl (C=O) groups is 1. The molecule has 5 rings (SSSR count). The number of H-pyrrole nitrogens is 2. The summed E-state index contributed by atoms with van der Waals surface area (Å²) in [5.41, 5.74) is 1.62. The molecule has 0 aromatic carbocycles. The third-order valence-electron chi connectivity index (χ3n) is 4.85. The van der Waals surface area contributed by atoms with Crippen LogP contribution < -0.4 is 16.4 Å². The highest BCUT2D eigenvalue weighted by molar-refractivity contribution is 7.17. The van der Waals surface area contributed by atoms with Gasteiger partial charge in [-0.25, -0.2) is 9.78 Å². The zero-order valence-corrected chi connectivity index (χ0v) is 17.6. The van der Waals surface area contributed by atoms with Crippen LogP contribution in [0.5, 0.6) is 5.88 Å². The molecule has 1 amide bonds. The zero-order chi connectivity index (χ0) is 21.7. The largest absolute Gasteiger partial charge is 0.493 e. The summed E-state index contributed by atoms with van der Waals surface area (Å²) in [6.07, 6.45) is 5.29. The van der Waals surface area contributed by atoms with Crippen molar-refractivity contribution in [3.05, 3.63) is 56.2 Å². The van der Waals surface area contributed by atoms with Gasteiger partial charge in [-0.1, -0.05) is 0 Å². The number of rotatable bonds is 4. The third-order valence-corrected chi connectivity index (χ3v) is 5.95. The third kappa shape index (κ3) is 3.63. The highest BCUT2D eigenvalue weighted by atomic mass is 32.1. The van der Waals surface area contributed by atoms with Crippen LogP contribution in [0.4, 0.5) is 0 Å². The molecule has 10 nitrogen and oxygen atoms in total. The van der Waals surface area contributed by atoms with Gasteiger partial charge in [0.15, 0.2) is 11.1 Å². The van der Waals surface area contributed by atoms with Crippen molar-refractivity contribution < 1.29 is 9.90 Å². The van der Waals surface area contributed by atoms with Crippen molar-refractivity contribution in [3.63, 3.8) is 0 Å². The minimum atomic E-state index is -0.505. The molecule has 0 aliphatic heterocycles. The summed E-state index contributed by atoms with van der Waals surface area (Å²) < 4.78 is 1.65. The van der Waals surface area contributed by atoms with Gasteiger partial charge in [-0.15, -0.1) is 11.3 Å². The molecule has 0 atom stereocenters. The van der Waals surface area contributed by atoms with Crippen LogP contribution in [0.3, 0.4) is 0 Å². The maximum absolute atomic E-state index is 12.3. The predicted octanol–water partition coefficient (Wildman–Crippen LogP) is 0.492. The summed E-state index contributed by atoms with van der Waals surface area (Å²) in [5, 5.41) is 14.9. The van der Waals surface area contributed by atoms with Gasteiger partial charge < -0.3 is 15.0 Å². The Morgan fingerprint density at radius 2 is 2.16 bits per heavy atom. The van der Waals surface area contributed by atoms with Gasteiger partial charge in [0.25, 0.3) is 5.91 Å². The predicted molar refractivity (Wildman–Crippen MR) is 115 cm³/mol. The standard InChI is InChI=1S/C20H19N7O3S/c1-26(2)19(29)15-6-5-14(31-15)12-8-16(22-11-3-4-11)27-17(23-12)10(9-21-27)7-13-18(28)25-20(30)24-13/h5-9,11,28H,3-4H2,1-2H3,(H2,24,25,30). The molecule has 3 N–H and O–H groups in total. The number of aromatic amines is 2. The lowest BCUT2D eigenvalue weighted by molar-refractivity contribution is 0.0832. The molecular formula is C20H19N7O3S. The number of fused-ring (bicyclic) bond motifs is 1. The molecule has 1 fully saturated rings. The highest BCUT2D eigenvalue weighted by Gasteiger charge is 2.21. The number of aromatic nitrogens is 5. The van der Waals surface area contributed by atoms with Crippen molar-refractivity contribution in [2.45, 2.75) is 18.9 Å². The van der Waals surface area contributed by atoms with Gasteiger partial charge in [0.2, 0.25) is 5.88 Å². The molecule has 0 unspecified atom stereocenters. The first-order valence-corrected chi connectivity index (χ1v) is 10.5. The molecule has 31 heavy (non-hydrogen) atoms. The summed E-state index contributed by atoms with van der Waals surface area (Å²) in [6, 6.07) is 5.80. The van der Waals surface area contributed by atoms with E-state index in [1.54, 1.807) is 36.9 Å². The highest BCUT2D eigenvalue weighted by Crippen LogP contribution is 2.27. The number of nitrogens with one attached hydrogen (secondary N) is 2. The molecule has 0 spiro atoms. The molecule has 4 aromatic heterocycles. The van der Waals surface area contributed by atoms with Crippen LogP contribution in [0.1, 0.15) is 28.2 Å². The van der Waals surface area contributed by atoms with Crippen LogP contribution in [0.25, 0.3) is 22.3 Å². The Hall–Kier alpha value is -3.73. The second-order valence-electron chi connectivity index (χ2n) is 7.54. The van der Waals surface area contributed by atoms with Gasteiger partial charge in [0.05, 0.1) is 27.7 Å². The quantitative estimate of drug-likeness (QED) is 0.428. The van der Waals surface area contributed by atoms with Gasteiger partial charge in [-0.3, -0.25) is 14.8 Å². The van der Waals surface area contributed by atoms with Crippen molar-refractivity contribution in [1.29, 1.82) is 0 Å². The summed E-state index contributed by atoms with van der Waals surface area (Å²) in [5.74, 6) is -0.320. The number of amides is 1. The Kier molecular flexibility index (Phi) is 4.47. The molecule has 0 saturated heterocycles. The van der Waals surface area contributed by atoms with Crippen molar-refractivity contribution in [2.75, 3.05) is 14.1 Å². The van der Waals surface area contributed by atoms with E-state index < -0.39 is 5.69 Å². The van der Waals surface area contributed by atoms with E-state index in [1.165, 1.54) is 16.2 Å². The Bertz CT molecular complexity index is 1490. The number of aromatic hydroxyl groups is 1. The average molecular weight is 437 g/mol. The van der Waals surface area contributed by atoms with E-state index in [2.05, 4.69) is 15.1 Å². The number of nitrogens with zero attached hydrogens (tertiary/aromatic N) is 5. The normalized spacial score (nSPS) is 15.2. The molecule has 4 heterocycles. The average Bonchev–Trinajstić information content (AvgIpc) is 3.12. The Labute approximate surface area is 179 Å². The van der Waals surface area contributed by atoms with Crippen LogP contribution in [-0.4, -0.2) is 60.6 Å². The SMILES string of the molecule is CN(C)C(=O)c1ccc(-c2cc(=NC3CC3)n3ncc(=Cc4[nH]c(=O)[nH]c4O)c3n2)s1. The number of carbonyl (C=O) groups excluding carboxylic acids is 1. The van der Waals surface area contributed by atoms with E-state index >= 15 is 0 Å². The van der Waals surface area contributed by atoms with Crippen LogP contribution in [0.2, 0.25) is 0 Å². The van der Waals surface area contributed by atoms with Crippen LogP contribution >= 0.6 is 11.3 Å². The number of hydrogen-bond donors (Lipinski definition) is 3. The van der Waals surface area contributed by atoms with Gasteiger partial charge in [-0.2, -0.15) is 9.61 Å². The number of imidazole rings is 1. The molecular weight excluding hydrogens is 418 g/mol. The molecule has 1 aliphatic carbocycles. The Balaban J connectivity index is 1.71. The zero-order valence-electron chi connectivity index (χ0n) is 16.8. The molecule has 158 valence electrons. The number of hydrogen-bond acceptors (Lipinski definition) is 7. The Morgan fingerprint density at radius 3 is 2.84 bits per heavy atom.